The van der Waals surface area contributed by atoms with E-state index >= 15 is 0 Å². The van der Waals surface area contributed by atoms with Gasteiger partial charge in [-0.05, 0) is 19.3 Å². The van der Waals surface area contributed by atoms with Crippen molar-refractivity contribution in [3.63, 3.8) is 0 Å². The van der Waals surface area contributed by atoms with Crippen LogP contribution in [0, 0.1) is 5.92 Å². The zero-order chi connectivity index (χ0) is 6.53. The lowest BCUT2D eigenvalue weighted by Gasteiger charge is -2.09. The Morgan fingerprint density at radius 1 is 1.67 bits per heavy atom. The summed E-state index contributed by atoms with van der Waals surface area (Å²) in [5, 5.41) is 3.48. The SMILES string of the molecule is NN=C[C@H]1C=CCCC1. The summed E-state index contributed by atoms with van der Waals surface area (Å²) in [5.41, 5.74) is 0. The summed E-state index contributed by atoms with van der Waals surface area (Å²) < 4.78 is 0. The van der Waals surface area contributed by atoms with Gasteiger partial charge in [0.05, 0.1) is 0 Å². The number of allylic oxidation sites excluding steroid dienone is 2. The molecule has 1 aliphatic carbocycles. The maximum Gasteiger partial charge on any atom is 0.0308 e. The molecule has 0 aromatic carbocycles. The van der Waals surface area contributed by atoms with E-state index in [0.29, 0.717) is 5.92 Å². The third-order valence-electron chi connectivity index (χ3n) is 1.57. The molecule has 0 aliphatic heterocycles. The highest BCUT2D eigenvalue weighted by Gasteiger charge is 2.03. The first-order valence-electron chi connectivity index (χ1n) is 3.33. The molecule has 0 saturated heterocycles. The van der Waals surface area contributed by atoms with Gasteiger partial charge in [0.1, 0.15) is 0 Å². The zero-order valence-corrected chi connectivity index (χ0v) is 5.46. The lowest BCUT2D eigenvalue weighted by molar-refractivity contribution is 0.662. The van der Waals surface area contributed by atoms with Crippen LogP contribution in [0.5, 0.6) is 0 Å². The van der Waals surface area contributed by atoms with Crippen LogP contribution in [0.25, 0.3) is 0 Å². The molecule has 1 rings (SSSR count). The lowest BCUT2D eigenvalue weighted by Crippen LogP contribution is -2.02. The standard InChI is InChI=1S/C7H12N2/c8-9-6-7-4-2-1-3-5-7/h2,4,6-7H,1,3,5,8H2/t7-/m0/s1. The van der Waals surface area contributed by atoms with Gasteiger partial charge in [0, 0.05) is 12.1 Å². The molecule has 0 unspecified atom stereocenters. The zero-order valence-electron chi connectivity index (χ0n) is 5.46. The minimum atomic E-state index is 0.503. The molecule has 0 radical (unpaired) electrons. The van der Waals surface area contributed by atoms with Crippen molar-refractivity contribution in [2.24, 2.45) is 16.9 Å². The van der Waals surface area contributed by atoms with Gasteiger partial charge in [-0.2, -0.15) is 5.10 Å². The van der Waals surface area contributed by atoms with Gasteiger partial charge in [0.25, 0.3) is 0 Å². The molecule has 9 heavy (non-hydrogen) atoms. The molecule has 2 heteroatoms. The van der Waals surface area contributed by atoms with Crippen molar-refractivity contribution >= 4 is 6.21 Å². The Hall–Kier alpha value is -0.790. The van der Waals surface area contributed by atoms with Gasteiger partial charge in [-0.3, -0.25) is 0 Å². The second-order valence-corrected chi connectivity index (χ2v) is 2.32. The van der Waals surface area contributed by atoms with E-state index in [1.165, 1.54) is 19.3 Å². The Morgan fingerprint density at radius 3 is 3.11 bits per heavy atom. The average Bonchev–Trinajstić information content (AvgIpc) is 1.91. The fourth-order valence-electron chi connectivity index (χ4n) is 1.07. The van der Waals surface area contributed by atoms with Crippen LogP contribution < -0.4 is 5.84 Å². The van der Waals surface area contributed by atoms with E-state index in [1.807, 2.05) is 0 Å². The fraction of sp³-hybridized carbons (Fsp3) is 0.571. The predicted molar refractivity (Wildman–Crippen MR) is 39.2 cm³/mol. The summed E-state index contributed by atoms with van der Waals surface area (Å²) in [4.78, 5) is 0. The molecule has 1 aliphatic rings. The number of rotatable bonds is 1. The van der Waals surface area contributed by atoms with E-state index in [9.17, 15) is 0 Å². The smallest absolute Gasteiger partial charge is 0.0308 e. The third-order valence-corrected chi connectivity index (χ3v) is 1.57. The molecular formula is C7H12N2. The van der Waals surface area contributed by atoms with Crippen LogP contribution >= 0.6 is 0 Å². The predicted octanol–water partition coefficient (Wildman–Crippen LogP) is 1.29. The van der Waals surface area contributed by atoms with E-state index in [-0.39, 0.29) is 0 Å². The molecule has 0 aromatic rings. The van der Waals surface area contributed by atoms with Gasteiger partial charge < -0.3 is 5.84 Å². The summed E-state index contributed by atoms with van der Waals surface area (Å²) in [6.45, 7) is 0. The van der Waals surface area contributed by atoms with Crippen molar-refractivity contribution in [2.75, 3.05) is 0 Å². The van der Waals surface area contributed by atoms with E-state index in [2.05, 4.69) is 17.3 Å². The van der Waals surface area contributed by atoms with E-state index in [0.717, 1.165) is 0 Å². The topological polar surface area (TPSA) is 38.4 Å². The Kier molecular flexibility index (Phi) is 2.31. The second-order valence-electron chi connectivity index (χ2n) is 2.32. The van der Waals surface area contributed by atoms with E-state index in [4.69, 9.17) is 5.84 Å². The van der Waals surface area contributed by atoms with Crippen LogP contribution in [-0.4, -0.2) is 6.21 Å². The molecule has 2 nitrogen and oxygen atoms in total. The summed E-state index contributed by atoms with van der Waals surface area (Å²) in [7, 11) is 0. The molecule has 0 amide bonds. The first-order chi connectivity index (χ1) is 4.43. The maximum absolute atomic E-state index is 4.99. The average molecular weight is 124 g/mol. The third kappa shape index (κ3) is 1.88. The fourth-order valence-corrected chi connectivity index (χ4v) is 1.07. The summed E-state index contributed by atoms with van der Waals surface area (Å²) in [5.74, 6) is 5.50. The van der Waals surface area contributed by atoms with Gasteiger partial charge in [-0.1, -0.05) is 12.2 Å². The molecular weight excluding hydrogens is 112 g/mol. The van der Waals surface area contributed by atoms with Gasteiger partial charge in [0.15, 0.2) is 0 Å². The number of hydrogen-bond acceptors (Lipinski definition) is 2. The highest BCUT2D eigenvalue weighted by atomic mass is 15.1. The van der Waals surface area contributed by atoms with Crippen LogP contribution in [0.1, 0.15) is 19.3 Å². The van der Waals surface area contributed by atoms with Crippen LogP contribution in [0.3, 0.4) is 0 Å². The molecule has 0 saturated carbocycles. The number of nitrogens with zero attached hydrogens (tertiary/aromatic N) is 1. The summed E-state index contributed by atoms with van der Waals surface area (Å²) in [6.07, 6.45) is 9.85. The molecule has 50 valence electrons. The van der Waals surface area contributed by atoms with Crippen LogP contribution in [0.15, 0.2) is 17.3 Å². The monoisotopic (exact) mass is 124 g/mol. The van der Waals surface area contributed by atoms with Gasteiger partial charge in [-0.25, -0.2) is 0 Å². The Balaban J connectivity index is 2.40. The van der Waals surface area contributed by atoms with Crippen molar-refractivity contribution in [3.05, 3.63) is 12.2 Å². The van der Waals surface area contributed by atoms with Gasteiger partial charge in [0.2, 0.25) is 0 Å². The van der Waals surface area contributed by atoms with Gasteiger partial charge in [-0.15, -0.1) is 0 Å². The first-order valence-corrected chi connectivity index (χ1v) is 3.33. The molecule has 0 aromatic heterocycles. The molecule has 0 fully saturated rings. The van der Waals surface area contributed by atoms with Crippen molar-refractivity contribution in [1.29, 1.82) is 0 Å². The Morgan fingerprint density at radius 2 is 2.56 bits per heavy atom. The van der Waals surface area contributed by atoms with Crippen molar-refractivity contribution in [3.8, 4) is 0 Å². The molecule has 2 N–H and O–H groups in total. The minimum absolute atomic E-state index is 0.503. The highest BCUT2D eigenvalue weighted by Crippen LogP contribution is 2.14. The van der Waals surface area contributed by atoms with Gasteiger partial charge >= 0.3 is 0 Å². The molecule has 0 heterocycles. The largest absolute Gasteiger partial charge is 0.324 e. The molecule has 0 bridgehead atoms. The van der Waals surface area contributed by atoms with Crippen LogP contribution in [0.4, 0.5) is 0 Å². The van der Waals surface area contributed by atoms with Crippen LogP contribution in [-0.2, 0) is 0 Å². The summed E-state index contributed by atoms with van der Waals surface area (Å²) >= 11 is 0. The minimum Gasteiger partial charge on any atom is -0.324 e. The number of hydrogen-bond donors (Lipinski definition) is 1. The quantitative estimate of drug-likeness (QED) is 0.243. The lowest BCUT2D eigenvalue weighted by atomic mass is 9.97. The van der Waals surface area contributed by atoms with Crippen molar-refractivity contribution in [2.45, 2.75) is 19.3 Å². The van der Waals surface area contributed by atoms with Crippen molar-refractivity contribution in [1.82, 2.24) is 0 Å². The number of hydrazone groups is 1. The van der Waals surface area contributed by atoms with E-state index < -0.39 is 0 Å². The molecule has 1 atom stereocenters. The van der Waals surface area contributed by atoms with Crippen molar-refractivity contribution < 1.29 is 0 Å². The molecule has 0 spiro atoms. The van der Waals surface area contributed by atoms with Crippen LogP contribution in [0.2, 0.25) is 0 Å². The van der Waals surface area contributed by atoms with E-state index in [1.54, 1.807) is 6.21 Å². The maximum atomic E-state index is 4.99. The normalized spacial score (nSPS) is 27.3. The Labute approximate surface area is 55.4 Å². The number of nitrogens with two attached hydrogens (primary N) is 1. The highest BCUT2D eigenvalue weighted by molar-refractivity contribution is 5.62. The second kappa shape index (κ2) is 3.28. The Bertz CT molecular complexity index is 127. The first kappa shape index (κ1) is 6.33. The summed E-state index contributed by atoms with van der Waals surface area (Å²) in [6, 6.07) is 0.